The molecule has 0 spiro atoms. The summed E-state index contributed by atoms with van der Waals surface area (Å²) >= 11 is 4.58. The van der Waals surface area contributed by atoms with Crippen LogP contribution in [-0.4, -0.2) is 5.05 Å². The molecule has 1 rings (SSSR count). The molecule has 1 aliphatic rings. The van der Waals surface area contributed by atoms with Crippen molar-refractivity contribution in [2.24, 2.45) is 0 Å². The molecule has 2 heteroatoms. The first-order valence-corrected chi connectivity index (χ1v) is 2.08. The highest BCUT2D eigenvalue weighted by atomic mass is 32.1. The maximum absolute atomic E-state index is 4.68. The Kier molecular flexibility index (Phi) is 0.665. The predicted octanol–water partition coefficient (Wildman–Crippen LogP) is 1.25. The molecule has 0 atom stereocenters. The first-order valence-electron chi connectivity index (χ1n) is 1.67. The van der Waals surface area contributed by atoms with Crippen molar-refractivity contribution in [3.05, 3.63) is 12.3 Å². The van der Waals surface area contributed by atoms with Crippen LogP contribution < -0.4 is 0 Å². The molecule has 0 radical (unpaired) electrons. The van der Waals surface area contributed by atoms with Gasteiger partial charge in [0.2, 0.25) is 0 Å². The van der Waals surface area contributed by atoms with Crippen molar-refractivity contribution in [3.63, 3.8) is 0 Å². The zero-order valence-electron chi connectivity index (χ0n) is 3.23. The minimum Gasteiger partial charge on any atom is -0.454 e. The van der Waals surface area contributed by atoms with Crippen LogP contribution >= 0.6 is 12.2 Å². The van der Waals surface area contributed by atoms with E-state index in [2.05, 4.69) is 23.5 Å². The summed E-state index contributed by atoms with van der Waals surface area (Å²) in [5.74, 6) is 0.792. The van der Waals surface area contributed by atoms with Crippen molar-refractivity contribution in [1.29, 1.82) is 0 Å². The molecule has 0 N–H and O–H groups in total. The number of thiocarbonyl (C=S) groups is 1. The lowest BCUT2D eigenvalue weighted by Crippen LogP contribution is -2.13. The molecule has 1 fully saturated rings. The molecule has 1 nitrogen and oxygen atoms in total. The van der Waals surface area contributed by atoms with Crippen LogP contribution in [0.25, 0.3) is 0 Å². The molecule has 0 amide bonds. The third-order valence-corrected chi connectivity index (χ3v) is 0.827. The number of rotatable bonds is 0. The second-order valence-corrected chi connectivity index (χ2v) is 1.64. The van der Waals surface area contributed by atoms with Crippen LogP contribution in [-0.2, 0) is 4.74 Å². The van der Waals surface area contributed by atoms with E-state index in [0.29, 0.717) is 5.05 Å². The quantitative estimate of drug-likeness (QED) is 0.424. The van der Waals surface area contributed by atoms with E-state index in [1.54, 1.807) is 0 Å². The van der Waals surface area contributed by atoms with E-state index in [4.69, 9.17) is 0 Å². The van der Waals surface area contributed by atoms with E-state index < -0.39 is 0 Å². The van der Waals surface area contributed by atoms with Crippen LogP contribution in [0.3, 0.4) is 0 Å². The lowest BCUT2D eigenvalue weighted by molar-refractivity contribution is 0.347. The van der Waals surface area contributed by atoms with Gasteiger partial charge in [0.05, 0.1) is 6.42 Å². The molecule has 32 valence electrons. The summed E-state index contributed by atoms with van der Waals surface area (Å²) in [5.41, 5.74) is 0. The first kappa shape index (κ1) is 3.81. The van der Waals surface area contributed by atoms with Gasteiger partial charge in [0.15, 0.2) is 5.05 Å². The summed E-state index contributed by atoms with van der Waals surface area (Å²) in [6.45, 7) is 3.50. The lowest BCUT2D eigenvalue weighted by Gasteiger charge is -2.16. The fourth-order valence-electron chi connectivity index (χ4n) is 0.314. The van der Waals surface area contributed by atoms with Crippen LogP contribution in [0.15, 0.2) is 12.3 Å². The van der Waals surface area contributed by atoms with Crippen LogP contribution in [0.4, 0.5) is 0 Å². The fourth-order valence-corrected chi connectivity index (χ4v) is 0.592. The van der Waals surface area contributed by atoms with Crippen molar-refractivity contribution >= 4 is 17.3 Å². The van der Waals surface area contributed by atoms with E-state index in [1.807, 2.05) is 0 Å². The average Bonchev–Trinajstić information content (AvgIpc) is 1.33. The molecular formula is C4H4OS. The molecule has 0 aromatic rings. The Balaban J connectivity index is 2.47. The second kappa shape index (κ2) is 1.05. The van der Waals surface area contributed by atoms with Gasteiger partial charge < -0.3 is 4.74 Å². The first-order chi connectivity index (χ1) is 2.79. The standard InChI is InChI=1S/C4H4OS/c1-3-2-4(6)5-3/h1-2H2. The van der Waals surface area contributed by atoms with Crippen LogP contribution in [0.5, 0.6) is 0 Å². The van der Waals surface area contributed by atoms with E-state index >= 15 is 0 Å². The zero-order valence-corrected chi connectivity index (χ0v) is 4.05. The Hall–Kier alpha value is -0.370. The summed E-state index contributed by atoms with van der Waals surface area (Å²) in [6.07, 6.45) is 0.787. The topological polar surface area (TPSA) is 9.23 Å². The Bertz CT molecular complexity index is 84.1. The maximum atomic E-state index is 4.68. The minimum absolute atomic E-state index is 0.667. The van der Waals surface area contributed by atoms with Gasteiger partial charge in [-0.1, -0.05) is 6.58 Å². The Morgan fingerprint density at radius 1 is 1.83 bits per heavy atom. The van der Waals surface area contributed by atoms with Crippen LogP contribution in [0.1, 0.15) is 6.42 Å². The van der Waals surface area contributed by atoms with Crippen molar-refractivity contribution in [1.82, 2.24) is 0 Å². The van der Waals surface area contributed by atoms with Crippen LogP contribution in [0, 0.1) is 0 Å². The smallest absolute Gasteiger partial charge is 0.174 e. The van der Waals surface area contributed by atoms with Crippen molar-refractivity contribution in [3.8, 4) is 0 Å². The summed E-state index contributed by atoms with van der Waals surface area (Å²) < 4.78 is 4.68. The summed E-state index contributed by atoms with van der Waals surface area (Å²) in [4.78, 5) is 0. The normalized spacial score (nSPS) is 19.3. The monoisotopic (exact) mass is 100.0 g/mol. The number of hydrogen-bond donors (Lipinski definition) is 0. The molecule has 0 aromatic heterocycles. The Morgan fingerprint density at radius 2 is 2.33 bits per heavy atom. The van der Waals surface area contributed by atoms with Gasteiger partial charge in [0, 0.05) is 0 Å². The van der Waals surface area contributed by atoms with E-state index in [1.165, 1.54) is 0 Å². The van der Waals surface area contributed by atoms with E-state index in [0.717, 1.165) is 12.2 Å². The maximum Gasteiger partial charge on any atom is 0.174 e. The lowest BCUT2D eigenvalue weighted by atomic mass is 10.3. The molecule has 0 bridgehead atoms. The van der Waals surface area contributed by atoms with Crippen molar-refractivity contribution in [2.75, 3.05) is 0 Å². The van der Waals surface area contributed by atoms with Gasteiger partial charge >= 0.3 is 0 Å². The summed E-state index contributed by atoms with van der Waals surface area (Å²) in [5, 5.41) is 0.667. The third-order valence-electron chi connectivity index (χ3n) is 0.600. The Labute approximate surface area is 41.6 Å². The number of ether oxygens (including phenoxy) is 1. The largest absolute Gasteiger partial charge is 0.454 e. The SMILES string of the molecule is C=C1CC(=S)O1. The van der Waals surface area contributed by atoms with E-state index in [-0.39, 0.29) is 0 Å². The highest BCUT2D eigenvalue weighted by Crippen LogP contribution is 2.15. The molecule has 1 heterocycles. The molecule has 1 aliphatic heterocycles. The Morgan fingerprint density at radius 3 is 2.33 bits per heavy atom. The molecule has 0 aromatic carbocycles. The average molecular weight is 100 g/mol. The molecule has 0 saturated carbocycles. The third kappa shape index (κ3) is 0.431. The molecular weight excluding hydrogens is 96.1 g/mol. The van der Waals surface area contributed by atoms with Gasteiger partial charge in [-0.3, -0.25) is 0 Å². The van der Waals surface area contributed by atoms with Gasteiger partial charge in [0.1, 0.15) is 5.76 Å². The summed E-state index contributed by atoms with van der Waals surface area (Å²) in [7, 11) is 0. The van der Waals surface area contributed by atoms with Gasteiger partial charge in [-0.05, 0) is 12.2 Å². The van der Waals surface area contributed by atoms with E-state index in [9.17, 15) is 0 Å². The number of hydrogen-bond acceptors (Lipinski definition) is 2. The highest BCUT2D eigenvalue weighted by molar-refractivity contribution is 7.80. The van der Waals surface area contributed by atoms with Crippen LogP contribution in [0.2, 0.25) is 0 Å². The highest BCUT2D eigenvalue weighted by Gasteiger charge is 2.12. The van der Waals surface area contributed by atoms with Gasteiger partial charge in [-0.15, -0.1) is 0 Å². The van der Waals surface area contributed by atoms with Crippen molar-refractivity contribution < 1.29 is 4.74 Å². The zero-order chi connectivity index (χ0) is 4.57. The predicted molar refractivity (Wildman–Crippen MR) is 27.4 cm³/mol. The molecule has 0 aliphatic carbocycles. The van der Waals surface area contributed by atoms with Gasteiger partial charge in [0.25, 0.3) is 0 Å². The molecule has 0 unspecified atom stereocenters. The van der Waals surface area contributed by atoms with Gasteiger partial charge in [-0.2, -0.15) is 0 Å². The molecule has 6 heavy (non-hydrogen) atoms. The van der Waals surface area contributed by atoms with Gasteiger partial charge in [-0.25, -0.2) is 0 Å². The molecule has 1 saturated heterocycles. The fraction of sp³-hybridized carbons (Fsp3) is 0.250. The van der Waals surface area contributed by atoms with Crippen molar-refractivity contribution in [2.45, 2.75) is 6.42 Å². The summed E-state index contributed by atoms with van der Waals surface area (Å²) in [6, 6.07) is 0. The minimum atomic E-state index is 0.667. The second-order valence-electron chi connectivity index (χ2n) is 1.19.